The molecule has 1 unspecified atom stereocenters. The molecule has 0 spiro atoms. The molecule has 90 valence electrons. The first kappa shape index (κ1) is 14.8. The number of hydrogen-bond acceptors (Lipinski definition) is 3. The monoisotopic (exact) mass is 236 g/mol. The summed E-state index contributed by atoms with van der Waals surface area (Å²) in [6.07, 6.45) is 1.39. The van der Waals surface area contributed by atoms with Crippen molar-refractivity contribution in [2.45, 2.75) is 51.4 Å². The molecule has 0 heterocycles. The number of hydrogen-bond donors (Lipinski definition) is 0. The van der Waals surface area contributed by atoms with Crippen LogP contribution in [0.15, 0.2) is 0 Å². The van der Waals surface area contributed by atoms with E-state index in [1.165, 1.54) is 11.8 Å². The summed E-state index contributed by atoms with van der Waals surface area (Å²) >= 11 is 1.52. The molecule has 0 aliphatic carbocycles. The largest absolute Gasteiger partial charge is 0.459 e. The number of unbranched alkanes of at least 4 members (excludes halogenated alkanes) is 1. The summed E-state index contributed by atoms with van der Waals surface area (Å²) in [4.78, 5) is 11.5. The number of carbonyl (C=O) groups is 1. The number of esters is 1. The maximum Gasteiger partial charge on any atom is 0.319 e. The van der Waals surface area contributed by atoms with Crippen LogP contribution in [0.5, 0.6) is 0 Å². The Kier molecular flexibility index (Phi) is 6.98. The van der Waals surface area contributed by atoms with E-state index in [1.54, 1.807) is 0 Å². The van der Waals surface area contributed by atoms with E-state index in [4.69, 9.17) is 4.74 Å². The van der Waals surface area contributed by atoms with Crippen LogP contribution in [0.3, 0.4) is 0 Å². The predicted octanol–water partition coefficient (Wildman–Crippen LogP) is 3.20. The number of halogens is 1. The van der Waals surface area contributed by atoms with Gasteiger partial charge in [0.05, 0.1) is 11.9 Å². The van der Waals surface area contributed by atoms with E-state index < -0.39 is 5.60 Å². The molecule has 0 aliphatic heterocycles. The minimum atomic E-state index is -0.426. The highest BCUT2D eigenvalue weighted by atomic mass is 32.2. The Morgan fingerprint density at radius 2 is 2.00 bits per heavy atom. The van der Waals surface area contributed by atoms with Crippen molar-refractivity contribution in [1.29, 1.82) is 0 Å². The van der Waals surface area contributed by atoms with Gasteiger partial charge in [0.25, 0.3) is 0 Å². The van der Waals surface area contributed by atoms with Gasteiger partial charge in [-0.05, 0) is 46.3 Å². The summed E-state index contributed by atoms with van der Waals surface area (Å²) in [7, 11) is 0. The fourth-order valence-electron chi connectivity index (χ4n) is 0.909. The molecular weight excluding hydrogens is 215 g/mol. The van der Waals surface area contributed by atoms with Crippen LogP contribution in [0.2, 0.25) is 0 Å². The average Bonchev–Trinajstić information content (AvgIpc) is 2.09. The summed E-state index contributed by atoms with van der Waals surface area (Å²) in [6.45, 7) is 7.11. The second-order valence-corrected chi connectivity index (χ2v) is 5.89. The van der Waals surface area contributed by atoms with E-state index in [-0.39, 0.29) is 17.9 Å². The number of alkyl halides is 1. The molecule has 0 aliphatic rings. The molecule has 0 bridgehead atoms. The zero-order valence-corrected chi connectivity index (χ0v) is 10.8. The summed E-state index contributed by atoms with van der Waals surface area (Å²) < 4.78 is 17.0. The predicted molar refractivity (Wildman–Crippen MR) is 63.0 cm³/mol. The highest BCUT2D eigenvalue weighted by Gasteiger charge is 2.21. The third kappa shape index (κ3) is 8.73. The minimum absolute atomic E-state index is 0.163. The molecular formula is C11H21FO2S. The smallest absolute Gasteiger partial charge is 0.319 e. The third-order valence-electron chi connectivity index (χ3n) is 1.63. The number of rotatable bonds is 6. The van der Waals surface area contributed by atoms with Crippen LogP contribution in [0.4, 0.5) is 4.39 Å². The Hall–Kier alpha value is -0.250. The van der Waals surface area contributed by atoms with Crippen LogP contribution in [0.1, 0.15) is 40.5 Å². The highest BCUT2D eigenvalue weighted by molar-refractivity contribution is 8.00. The first-order chi connectivity index (χ1) is 6.87. The molecule has 0 aromatic heterocycles. The molecule has 0 rings (SSSR count). The second-order valence-electron chi connectivity index (χ2n) is 4.44. The number of thioether (sulfide) groups is 1. The van der Waals surface area contributed by atoms with Crippen molar-refractivity contribution in [2.24, 2.45) is 0 Å². The van der Waals surface area contributed by atoms with E-state index in [0.717, 1.165) is 12.2 Å². The van der Waals surface area contributed by atoms with Gasteiger partial charge in [-0.2, -0.15) is 0 Å². The molecule has 0 amide bonds. The topological polar surface area (TPSA) is 26.3 Å². The van der Waals surface area contributed by atoms with Crippen LogP contribution in [-0.2, 0) is 9.53 Å². The van der Waals surface area contributed by atoms with Gasteiger partial charge in [-0.1, -0.05) is 0 Å². The van der Waals surface area contributed by atoms with Gasteiger partial charge in [-0.3, -0.25) is 9.18 Å². The molecule has 0 saturated heterocycles. The number of ether oxygens (including phenoxy) is 1. The fraction of sp³-hybridized carbons (Fsp3) is 0.909. The number of carbonyl (C=O) groups excluding carboxylic acids is 1. The fourth-order valence-corrected chi connectivity index (χ4v) is 1.82. The molecule has 0 saturated carbocycles. The van der Waals surface area contributed by atoms with Crippen molar-refractivity contribution in [3.05, 3.63) is 0 Å². The second kappa shape index (κ2) is 7.09. The maximum atomic E-state index is 11.8. The quantitative estimate of drug-likeness (QED) is 0.523. The first-order valence-corrected chi connectivity index (χ1v) is 6.32. The van der Waals surface area contributed by atoms with Gasteiger partial charge >= 0.3 is 5.97 Å². The summed E-state index contributed by atoms with van der Waals surface area (Å²) in [5.41, 5.74) is -0.426. The normalized spacial score (nSPS) is 13.7. The van der Waals surface area contributed by atoms with Gasteiger partial charge in [0, 0.05) is 0 Å². The van der Waals surface area contributed by atoms with Gasteiger partial charge in [0.1, 0.15) is 5.60 Å². The standard InChI is InChI=1S/C11H21FO2S/c1-9(15-8-6-5-7-12)10(13)14-11(2,3)4/h9H,5-8H2,1-4H3. The Morgan fingerprint density at radius 1 is 1.40 bits per heavy atom. The SMILES string of the molecule is CC(SCCCCF)C(=O)OC(C)(C)C. The Balaban J connectivity index is 3.70. The van der Waals surface area contributed by atoms with Crippen molar-refractivity contribution in [2.75, 3.05) is 12.4 Å². The Labute approximate surface area is 96.0 Å². The van der Waals surface area contributed by atoms with E-state index in [9.17, 15) is 9.18 Å². The van der Waals surface area contributed by atoms with Crippen molar-refractivity contribution in [1.82, 2.24) is 0 Å². The zero-order valence-electron chi connectivity index (χ0n) is 10.0. The molecule has 15 heavy (non-hydrogen) atoms. The van der Waals surface area contributed by atoms with Crippen LogP contribution in [0, 0.1) is 0 Å². The molecule has 4 heteroatoms. The molecule has 0 radical (unpaired) electrons. The van der Waals surface area contributed by atoms with Gasteiger partial charge in [-0.15, -0.1) is 11.8 Å². The lowest BCUT2D eigenvalue weighted by Crippen LogP contribution is -2.29. The van der Waals surface area contributed by atoms with E-state index in [2.05, 4.69) is 0 Å². The molecule has 0 aromatic carbocycles. The van der Waals surface area contributed by atoms with Gasteiger partial charge < -0.3 is 4.74 Å². The summed E-state index contributed by atoms with van der Waals surface area (Å²) in [6, 6.07) is 0. The van der Waals surface area contributed by atoms with Gasteiger partial charge in [0.15, 0.2) is 0 Å². The van der Waals surface area contributed by atoms with E-state index >= 15 is 0 Å². The molecule has 0 N–H and O–H groups in total. The molecule has 0 fully saturated rings. The van der Waals surface area contributed by atoms with Crippen molar-refractivity contribution >= 4 is 17.7 Å². The first-order valence-electron chi connectivity index (χ1n) is 5.27. The van der Waals surface area contributed by atoms with Crippen LogP contribution >= 0.6 is 11.8 Å². The lowest BCUT2D eigenvalue weighted by atomic mass is 10.2. The third-order valence-corrected chi connectivity index (χ3v) is 2.85. The Bertz CT molecular complexity index is 190. The Morgan fingerprint density at radius 3 is 2.47 bits per heavy atom. The van der Waals surface area contributed by atoms with Crippen LogP contribution in [0.25, 0.3) is 0 Å². The summed E-state index contributed by atoms with van der Waals surface area (Å²) in [5, 5.41) is -0.163. The maximum absolute atomic E-state index is 11.8. The lowest BCUT2D eigenvalue weighted by Gasteiger charge is -2.21. The van der Waals surface area contributed by atoms with Gasteiger partial charge in [0.2, 0.25) is 0 Å². The molecule has 1 atom stereocenters. The molecule has 2 nitrogen and oxygen atoms in total. The van der Waals surface area contributed by atoms with Gasteiger partial charge in [-0.25, -0.2) is 0 Å². The summed E-state index contributed by atoms with van der Waals surface area (Å²) in [5.74, 6) is 0.623. The van der Waals surface area contributed by atoms with Crippen molar-refractivity contribution in [3.8, 4) is 0 Å². The minimum Gasteiger partial charge on any atom is -0.459 e. The highest BCUT2D eigenvalue weighted by Crippen LogP contribution is 2.17. The average molecular weight is 236 g/mol. The van der Waals surface area contributed by atoms with Crippen molar-refractivity contribution < 1.29 is 13.9 Å². The van der Waals surface area contributed by atoms with E-state index in [1.807, 2.05) is 27.7 Å². The van der Waals surface area contributed by atoms with Crippen molar-refractivity contribution in [3.63, 3.8) is 0 Å². The van der Waals surface area contributed by atoms with Crippen LogP contribution < -0.4 is 0 Å². The molecule has 0 aromatic rings. The lowest BCUT2D eigenvalue weighted by molar-refractivity contribution is -0.153. The zero-order chi connectivity index (χ0) is 11.9. The van der Waals surface area contributed by atoms with Crippen LogP contribution in [-0.4, -0.2) is 29.2 Å². The van der Waals surface area contributed by atoms with E-state index in [0.29, 0.717) is 6.42 Å².